The summed E-state index contributed by atoms with van der Waals surface area (Å²) in [6.45, 7) is 14.0. The molecule has 0 saturated heterocycles. The first-order chi connectivity index (χ1) is 11.2. The fourth-order valence-corrected chi connectivity index (χ4v) is 8.22. The third kappa shape index (κ3) is 3.02. The molecule has 0 amide bonds. The number of hydrogen-bond donors (Lipinski definition) is 1. The number of aliphatic hydroxyl groups is 1. The SMILES string of the molecule is C=C1CCC2C(CCC3(C)C2CCC3[C@@H](C)I)C1(C)CCC(C)O. The van der Waals surface area contributed by atoms with Gasteiger partial charge in [0.2, 0.25) is 0 Å². The lowest BCUT2D eigenvalue weighted by Gasteiger charge is -2.57. The largest absolute Gasteiger partial charge is 0.393 e. The zero-order valence-corrected chi connectivity index (χ0v) is 18.3. The van der Waals surface area contributed by atoms with E-state index >= 15 is 0 Å². The molecular formula is C22H37IO. The second-order valence-electron chi connectivity index (χ2n) is 9.73. The lowest BCUT2D eigenvalue weighted by molar-refractivity contribution is -0.0505. The van der Waals surface area contributed by atoms with Gasteiger partial charge in [-0.25, -0.2) is 0 Å². The number of hydrogen-bond acceptors (Lipinski definition) is 1. The minimum absolute atomic E-state index is 0.181. The van der Waals surface area contributed by atoms with E-state index in [2.05, 4.69) is 49.9 Å². The Kier molecular flexibility index (Phi) is 5.49. The Labute approximate surface area is 163 Å². The summed E-state index contributed by atoms with van der Waals surface area (Å²) in [6, 6.07) is 0. The first-order valence-electron chi connectivity index (χ1n) is 10.2. The number of aliphatic hydroxyl groups excluding tert-OH is 1. The Morgan fingerprint density at radius 2 is 1.88 bits per heavy atom. The molecule has 3 fully saturated rings. The van der Waals surface area contributed by atoms with E-state index in [0.717, 1.165) is 40.4 Å². The fourth-order valence-electron chi connectivity index (χ4n) is 7.04. The van der Waals surface area contributed by atoms with Crippen molar-refractivity contribution in [2.75, 3.05) is 0 Å². The quantitative estimate of drug-likeness (QED) is 0.303. The maximum atomic E-state index is 9.84. The summed E-state index contributed by atoms with van der Waals surface area (Å²) < 4.78 is 0.800. The molecule has 0 bridgehead atoms. The van der Waals surface area contributed by atoms with E-state index in [1.165, 1.54) is 44.1 Å². The summed E-state index contributed by atoms with van der Waals surface area (Å²) in [5.41, 5.74) is 2.31. The summed E-state index contributed by atoms with van der Waals surface area (Å²) in [7, 11) is 0. The summed E-state index contributed by atoms with van der Waals surface area (Å²) in [6.07, 6.45) is 10.1. The van der Waals surface area contributed by atoms with Gasteiger partial charge in [-0.3, -0.25) is 0 Å². The number of halogens is 1. The van der Waals surface area contributed by atoms with E-state index in [4.69, 9.17) is 0 Å². The average Bonchev–Trinajstić information content (AvgIpc) is 2.86. The molecule has 0 aromatic rings. The summed E-state index contributed by atoms with van der Waals surface area (Å²) in [5, 5.41) is 9.84. The van der Waals surface area contributed by atoms with E-state index in [-0.39, 0.29) is 11.5 Å². The minimum atomic E-state index is -0.181. The second-order valence-corrected chi connectivity index (χ2v) is 11.7. The van der Waals surface area contributed by atoms with Crippen LogP contribution in [0.3, 0.4) is 0 Å². The van der Waals surface area contributed by atoms with Crippen LogP contribution in [0.4, 0.5) is 0 Å². The Bertz CT molecular complexity index is 484. The fraction of sp³-hybridized carbons (Fsp3) is 0.909. The van der Waals surface area contributed by atoms with Crippen molar-refractivity contribution in [3.8, 4) is 0 Å². The predicted octanol–water partition coefficient (Wildman–Crippen LogP) is 6.39. The lowest BCUT2D eigenvalue weighted by Crippen LogP contribution is -2.50. The second kappa shape index (κ2) is 6.87. The molecule has 0 aromatic heterocycles. The van der Waals surface area contributed by atoms with E-state index in [1.807, 2.05) is 6.92 Å². The number of allylic oxidation sites excluding steroid dienone is 1. The van der Waals surface area contributed by atoms with Gasteiger partial charge in [0, 0.05) is 3.92 Å². The highest BCUT2D eigenvalue weighted by atomic mass is 127. The van der Waals surface area contributed by atoms with Gasteiger partial charge in [0.15, 0.2) is 0 Å². The van der Waals surface area contributed by atoms with Crippen molar-refractivity contribution in [2.45, 2.75) is 89.1 Å². The molecule has 0 heterocycles. The summed E-state index contributed by atoms with van der Waals surface area (Å²) in [5.74, 6) is 3.54. The average molecular weight is 444 g/mol. The molecule has 1 nitrogen and oxygen atoms in total. The lowest BCUT2D eigenvalue weighted by atomic mass is 9.47. The molecule has 7 unspecified atom stereocenters. The van der Waals surface area contributed by atoms with E-state index < -0.39 is 0 Å². The molecule has 8 atom stereocenters. The molecule has 0 radical (unpaired) electrons. The topological polar surface area (TPSA) is 20.2 Å². The van der Waals surface area contributed by atoms with E-state index in [1.54, 1.807) is 0 Å². The monoisotopic (exact) mass is 444 g/mol. The van der Waals surface area contributed by atoms with E-state index in [0.29, 0.717) is 5.41 Å². The number of alkyl halides is 1. The van der Waals surface area contributed by atoms with Crippen LogP contribution in [0.2, 0.25) is 0 Å². The minimum Gasteiger partial charge on any atom is -0.393 e. The highest BCUT2D eigenvalue weighted by Gasteiger charge is 2.58. The molecular weight excluding hydrogens is 407 g/mol. The third-order valence-electron chi connectivity index (χ3n) is 8.55. The Morgan fingerprint density at radius 1 is 1.17 bits per heavy atom. The van der Waals surface area contributed by atoms with Crippen molar-refractivity contribution in [3.63, 3.8) is 0 Å². The molecule has 2 heteroatoms. The highest BCUT2D eigenvalue weighted by Crippen LogP contribution is 2.66. The van der Waals surface area contributed by atoms with Gasteiger partial charge in [-0.2, -0.15) is 0 Å². The molecule has 0 aliphatic heterocycles. The molecule has 24 heavy (non-hydrogen) atoms. The van der Waals surface area contributed by atoms with Crippen molar-refractivity contribution in [1.82, 2.24) is 0 Å². The maximum absolute atomic E-state index is 9.84. The highest BCUT2D eigenvalue weighted by molar-refractivity contribution is 14.1. The van der Waals surface area contributed by atoms with Crippen molar-refractivity contribution >= 4 is 22.6 Å². The first kappa shape index (κ1) is 19.2. The van der Waals surface area contributed by atoms with Crippen LogP contribution in [0.25, 0.3) is 0 Å². The van der Waals surface area contributed by atoms with Gasteiger partial charge in [-0.05, 0) is 92.8 Å². The van der Waals surface area contributed by atoms with Crippen LogP contribution in [0.1, 0.15) is 79.1 Å². The molecule has 3 aliphatic carbocycles. The van der Waals surface area contributed by atoms with Gasteiger partial charge in [0.1, 0.15) is 0 Å². The van der Waals surface area contributed by atoms with Gasteiger partial charge in [-0.15, -0.1) is 0 Å². The van der Waals surface area contributed by atoms with Crippen LogP contribution in [-0.4, -0.2) is 15.1 Å². The molecule has 0 spiro atoms. The van der Waals surface area contributed by atoms with Crippen LogP contribution in [0.15, 0.2) is 12.2 Å². The molecule has 3 rings (SSSR count). The van der Waals surface area contributed by atoms with Crippen LogP contribution in [0.5, 0.6) is 0 Å². The number of fused-ring (bicyclic) bond motifs is 3. The maximum Gasteiger partial charge on any atom is 0.0512 e. The molecule has 3 aliphatic rings. The van der Waals surface area contributed by atoms with Crippen LogP contribution in [0, 0.1) is 34.5 Å². The van der Waals surface area contributed by atoms with Crippen molar-refractivity contribution in [1.29, 1.82) is 0 Å². The molecule has 1 N–H and O–H groups in total. The van der Waals surface area contributed by atoms with Gasteiger partial charge in [0.05, 0.1) is 6.10 Å². The van der Waals surface area contributed by atoms with Crippen LogP contribution in [-0.2, 0) is 0 Å². The van der Waals surface area contributed by atoms with Gasteiger partial charge >= 0.3 is 0 Å². The first-order valence-corrected chi connectivity index (χ1v) is 11.4. The van der Waals surface area contributed by atoms with Crippen molar-refractivity contribution in [2.24, 2.45) is 34.5 Å². The third-order valence-corrected chi connectivity index (χ3v) is 9.42. The van der Waals surface area contributed by atoms with Gasteiger partial charge in [0.25, 0.3) is 0 Å². The zero-order chi connectivity index (χ0) is 17.7. The Hall–Kier alpha value is 0.430. The van der Waals surface area contributed by atoms with E-state index in [9.17, 15) is 5.11 Å². The Morgan fingerprint density at radius 3 is 2.50 bits per heavy atom. The molecule has 0 aromatic carbocycles. The van der Waals surface area contributed by atoms with Crippen molar-refractivity contribution < 1.29 is 5.11 Å². The van der Waals surface area contributed by atoms with Gasteiger partial charge in [-0.1, -0.05) is 55.5 Å². The Balaban J connectivity index is 1.84. The van der Waals surface area contributed by atoms with Crippen molar-refractivity contribution in [3.05, 3.63) is 12.2 Å². The molecule has 138 valence electrons. The van der Waals surface area contributed by atoms with Gasteiger partial charge < -0.3 is 5.11 Å². The van der Waals surface area contributed by atoms with Crippen LogP contribution < -0.4 is 0 Å². The summed E-state index contributed by atoms with van der Waals surface area (Å²) >= 11 is 2.68. The zero-order valence-electron chi connectivity index (χ0n) is 16.2. The smallest absolute Gasteiger partial charge is 0.0512 e. The summed E-state index contributed by atoms with van der Waals surface area (Å²) in [4.78, 5) is 0. The predicted molar refractivity (Wildman–Crippen MR) is 111 cm³/mol. The normalized spacial score (nSPS) is 47.8. The molecule has 3 saturated carbocycles. The van der Waals surface area contributed by atoms with Crippen LogP contribution >= 0.6 is 22.6 Å². The number of rotatable bonds is 4. The standard InChI is InChI=1S/C22H37IO/c1-14-6-7-17-19-9-8-18(16(3)23)22(19,5)13-11-20(17)21(14,4)12-10-15(2)24/h15-20,24H,1,6-13H2,2-5H3/t15?,16-,17?,18?,19?,20?,21?,22?/m1/s1.